The summed E-state index contributed by atoms with van der Waals surface area (Å²) in [5.41, 5.74) is 3.79. The van der Waals surface area contributed by atoms with Crippen molar-refractivity contribution in [3.8, 4) is 16.9 Å². The van der Waals surface area contributed by atoms with Crippen LogP contribution in [0.2, 0.25) is 5.02 Å². The Morgan fingerprint density at radius 1 is 1.07 bits per heavy atom. The summed E-state index contributed by atoms with van der Waals surface area (Å²) >= 11 is 5.99. The van der Waals surface area contributed by atoms with Gasteiger partial charge in [-0.1, -0.05) is 23.7 Å². The molecule has 3 aromatic rings. The lowest BCUT2D eigenvalue weighted by Crippen LogP contribution is -2.36. The first-order chi connectivity index (χ1) is 13.2. The number of hydrogen-bond donors (Lipinski definition) is 1. The van der Waals surface area contributed by atoms with Gasteiger partial charge in [0.15, 0.2) is 0 Å². The second kappa shape index (κ2) is 7.68. The molecule has 0 saturated carbocycles. The molecule has 0 bridgehead atoms. The van der Waals surface area contributed by atoms with Gasteiger partial charge >= 0.3 is 6.03 Å². The average Bonchev–Trinajstić information content (AvgIpc) is 2.90. The van der Waals surface area contributed by atoms with Crippen LogP contribution in [0.3, 0.4) is 0 Å². The Morgan fingerprint density at radius 3 is 2.74 bits per heavy atom. The highest BCUT2D eigenvalue weighted by atomic mass is 35.5. The van der Waals surface area contributed by atoms with Crippen LogP contribution < -0.4 is 10.1 Å². The predicted octanol–water partition coefficient (Wildman–Crippen LogP) is 4.83. The van der Waals surface area contributed by atoms with E-state index in [0.29, 0.717) is 30.4 Å². The molecule has 1 aliphatic rings. The highest BCUT2D eigenvalue weighted by Crippen LogP contribution is 2.29. The Labute approximate surface area is 162 Å². The minimum Gasteiger partial charge on any atom is -0.491 e. The van der Waals surface area contributed by atoms with Gasteiger partial charge in [0.25, 0.3) is 0 Å². The Morgan fingerprint density at radius 2 is 1.93 bits per heavy atom. The minimum atomic E-state index is -0.178. The van der Waals surface area contributed by atoms with Crippen molar-refractivity contribution in [2.24, 2.45) is 0 Å². The van der Waals surface area contributed by atoms with Gasteiger partial charge in [-0.2, -0.15) is 0 Å². The molecular formula is C21H18ClN3O2. The lowest BCUT2D eigenvalue weighted by molar-refractivity contribution is 0.200. The second-order valence-electron chi connectivity index (χ2n) is 6.27. The molecule has 0 unspecified atom stereocenters. The van der Waals surface area contributed by atoms with Crippen molar-refractivity contribution in [1.82, 2.24) is 9.88 Å². The van der Waals surface area contributed by atoms with Gasteiger partial charge in [-0.3, -0.25) is 4.98 Å². The maximum Gasteiger partial charge on any atom is 0.322 e. The fourth-order valence-corrected chi connectivity index (χ4v) is 3.25. The fraction of sp³-hybridized carbons (Fsp3) is 0.143. The van der Waals surface area contributed by atoms with Gasteiger partial charge < -0.3 is 15.0 Å². The number of pyridine rings is 1. The number of urea groups is 1. The quantitative estimate of drug-likeness (QED) is 0.693. The monoisotopic (exact) mass is 379 g/mol. The number of nitrogens with one attached hydrogen (secondary N) is 1. The van der Waals surface area contributed by atoms with Crippen molar-refractivity contribution in [1.29, 1.82) is 0 Å². The van der Waals surface area contributed by atoms with E-state index in [1.165, 1.54) is 0 Å². The van der Waals surface area contributed by atoms with Gasteiger partial charge in [0.1, 0.15) is 12.4 Å². The van der Waals surface area contributed by atoms with Gasteiger partial charge in [0, 0.05) is 28.7 Å². The predicted molar refractivity (Wildman–Crippen MR) is 106 cm³/mol. The molecule has 0 radical (unpaired) electrons. The van der Waals surface area contributed by atoms with Gasteiger partial charge in [-0.15, -0.1) is 0 Å². The van der Waals surface area contributed by atoms with Gasteiger partial charge in [0.2, 0.25) is 0 Å². The molecule has 2 heterocycles. The van der Waals surface area contributed by atoms with Crippen LogP contribution in [0.15, 0.2) is 67.0 Å². The second-order valence-corrected chi connectivity index (χ2v) is 6.71. The number of carbonyl (C=O) groups excluding carboxylic acids is 1. The van der Waals surface area contributed by atoms with Gasteiger partial charge in [0.05, 0.1) is 13.1 Å². The third-order valence-electron chi connectivity index (χ3n) is 4.42. The Balaban J connectivity index is 1.55. The standard InChI is InChI=1S/C21H18ClN3O2/c22-18-2-1-3-19(13-18)24-21(26)25-10-11-27-20-5-4-16(12-17(20)14-25)15-6-8-23-9-7-15/h1-9,12-13H,10-11,14H2,(H,24,26). The topological polar surface area (TPSA) is 54.5 Å². The molecule has 0 saturated heterocycles. The van der Waals surface area contributed by atoms with Crippen molar-refractivity contribution in [3.63, 3.8) is 0 Å². The number of ether oxygens (including phenoxy) is 1. The van der Waals surface area contributed by atoms with E-state index in [9.17, 15) is 4.79 Å². The highest BCUT2D eigenvalue weighted by Gasteiger charge is 2.20. The smallest absolute Gasteiger partial charge is 0.322 e. The highest BCUT2D eigenvalue weighted by molar-refractivity contribution is 6.30. The number of benzene rings is 2. The summed E-state index contributed by atoms with van der Waals surface area (Å²) in [5.74, 6) is 0.811. The van der Waals surface area contributed by atoms with Crippen LogP contribution in [-0.4, -0.2) is 29.1 Å². The van der Waals surface area contributed by atoms with E-state index in [2.05, 4.69) is 16.4 Å². The number of amides is 2. The van der Waals surface area contributed by atoms with E-state index in [-0.39, 0.29) is 6.03 Å². The third-order valence-corrected chi connectivity index (χ3v) is 4.65. The fourth-order valence-electron chi connectivity index (χ4n) is 3.06. The number of aromatic nitrogens is 1. The molecule has 0 spiro atoms. The van der Waals surface area contributed by atoms with Crippen molar-refractivity contribution in [2.75, 3.05) is 18.5 Å². The number of rotatable bonds is 2. The maximum atomic E-state index is 12.7. The molecule has 2 amide bonds. The summed E-state index contributed by atoms with van der Waals surface area (Å²) in [6.07, 6.45) is 3.53. The lowest BCUT2D eigenvalue weighted by atomic mass is 10.0. The molecule has 1 N–H and O–H groups in total. The lowest BCUT2D eigenvalue weighted by Gasteiger charge is -2.20. The average molecular weight is 380 g/mol. The Bertz CT molecular complexity index is 963. The number of hydrogen-bond acceptors (Lipinski definition) is 3. The molecule has 2 aromatic carbocycles. The van der Waals surface area contributed by atoms with Crippen molar-refractivity contribution >= 4 is 23.3 Å². The molecule has 0 atom stereocenters. The van der Waals surface area contributed by atoms with E-state index in [4.69, 9.17) is 16.3 Å². The number of nitrogens with zero attached hydrogens (tertiary/aromatic N) is 2. The molecular weight excluding hydrogens is 362 g/mol. The number of anilines is 1. The normalized spacial score (nSPS) is 13.3. The third kappa shape index (κ3) is 4.04. The van der Waals surface area contributed by atoms with Crippen molar-refractivity contribution in [3.05, 3.63) is 77.6 Å². The number of fused-ring (bicyclic) bond motifs is 1. The minimum absolute atomic E-state index is 0.178. The van der Waals surface area contributed by atoms with Crippen LogP contribution in [-0.2, 0) is 6.54 Å². The molecule has 4 rings (SSSR count). The number of carbonyl (C=O) groups is 1. The van der Waals surface area contributed by atoms with Crippen molar-refractivity contribution < 1.29 is 9.53 Å². The van der Waals surface area contributed by atoms with Gasteiger partial charge in [-0.25, -0.2) is 4.79 Å². The van der Waals surface area contributed by atoms with E-state index >= 15 is 0 Å². The summed E-state index contributed by atoms with van der Waals surface area (Å²) in [6.45, 7) is 1.43. The van der Waals surface area contributed by atoms with Crippen LogP contribution in [0.4, 0.5) is 10.5 Å². The number of halogens is 1. The van der Waals surface area contributed by atoms with Crippen LogP contribution in [0.25, 0.3) is 11.1 Å². The zero-order valence-electron chi connectivity index (χ0n) is 14.6. The maximum absolute atomic E-state index is 12.7. The largest absolute Gasteiger partial charge is 0.491 e. The summed E-state index contributed by atoms with van der Waals surface area (Å²) in [6, 6.07) is 16.9. The summed E-state index contributed by atoms with van der Waals surface area (Å²) < 4.78 is 5.83. The summed E-state index contributed by atoms with van der Waals surface area (Å²) in [7, 11) is 0. The van der Waals surface area contributed by atoms with Crippen molar-refractivity contribution in [2.45, 2.75) is 6.54 Å². The van der Waals surface area contributed by atoms with E-state index in [1.807, 2.05) is 30.3 Å². The first-order valence-electron chi connectivity index (χ1n) is 8.67. The van der Waals surface area contributed by atoms with Gasteiger partial charge in [-0.05, 0) is 53.6 Å². The molecule has 1 aliphatic heterocycles. The molecule has 6 heteroatoms. The summed E-state index contributed by atoms with van der Waals surface area (Å²) in [4.78, 5) is 18.5. The zero-order valence-corrected chi connectivity index (χ0v) is 15.3. The first-order valence-corrected chi connectivity index (χ1v) is 9.04. The first kappa shape index (κ1) is 17.4. The molecule has 136 valence electrons. The Kier molecular flexibility index (Phi) is 4.94. The summed E-state index contributed by atoms with van der Waals surface area (Å²) in [5, 5.41) is 3.48. The molecule has 0 fully saturated rings. The van der Waals surface area contributed by atoms with Crippen LogP contribution in [0.5, 0.6) is 5.75 Å². The molecule has 0 aliphatic carbocycles. The molecule has 5 nitrogen and oxygen atoms in total. The molecule has 1 aromatic heterocycles. The van der Waals surface area contributed by atoms with Crippen LogP contribution in [0, 0.1) is 0 Å². The van der Waals surface area contributed by atoms with Crippen LogP contribution in [0.1, 0.15) is 5.56 Å². The van der Waals surface area contributed by atoms with E-state index in [1.54, 1.807) is 35.5 Å². The SMILES string of the molecule is O=C(Nc1cccc(Cl)c1)N1CCOc2ccc(-c3ccncc3)cc2C1. The Hall–Kier alpha value is -3.05. The van der Waals surface area contributed by atoms with E-state index < -0.39 is 0 Å². The van der Waals surface area contributed by atoms with Crippen LogP contribution >= 0.6 is 11.6 Å². The molecule has 27 heavy (non-hydrogen) atoms. The zero-order chi connectivity index (χ0) is 18.6. The van der Waals surface area contributed by atoms with E-state index in [0.717, 1.165) is 22.4 Å².